The first-order valence-corrected chi connectivity index (χ1v) is 6.22. The molecule has 4 nitrogen and oxygen atoms in total. The van der Waals surface area contributed by atoms with Crippen molar-refractivity contribution in [2.24, 2.45) is 0 Å². The second kappa shape index (κ2) is 4.62. The van der Waals surface area contributed by atoms with Crippen LogP contribution in [-0.2, 0) is 12.8 Å². The maximum Gasteiger partial charge on any atom is 0.244 e. The Morgan fingerprint density at radius 2 is 2.05 bits per heavy atom. The predicted octanol–water partition coefficient (Wildman–Crippen LogP) is 2.82. The average molecular weight is 251 g/mol. The van der Waals surface area contributed by atoms with Crippen molar-refractivity contribution in [3.8, 4) is 17.7 Å². The quantitative estimate of drug-likeness (QED) is 0.890. The van der Waals surface area contributed by atoms with Gasteiger partial charge < -0.3 is 10.5 Å². The van der Waals surface area contributed by atoms with Crippen molar-refractivity contribution < 1.29 is 4.74 Å². The van der Waals surface area contributed by atoms with Gasteiger partial charge in [-0.15, -0.1) is 0 Å². The molecule has 0 fully saturated rings. The summed E-state index contributed by atoms with van der Waals surface area (Å²) in [6.07, 6.45) is 4.95. The van der Waals surface area contributed by atoms with Crippen molar-refractivity contribution in [2.45, 2.75) is 19.3 Å². The molecule has 1 aliphatic carbocycles. The number of nitrogens with zero attached hydrogens (tertiary/aromatic N) is 2. The van der Waals surface area contributed by atoms with Crippen LogP contribution < -0.4 is 10.5 Å². The van der Waals surface area contributed by atoms with Gasteiger partial charge in [0.05, 0.1) is 5.56 Å². The Morgan fingerprint density at radius 3 is 2.89 bits per heavy atom. The van der Waals surface area contributed by atoms with Crippen LogP contribution in [0.3, 0.4) is 0 Å². The van der Waals surface area contributed by atoms with E-state index in [1.165, 1.54) is 23.7 Å². The van der Waals surface area contributed by atoms with Crippen molar-refractivity contribution in [3.63, 3.8) is 0 Å². The summed E-state index contributed by atoms with van der Waals surface area (Å²) in [7, 11) is 0. The molecule has 0 spiro atoms. The monoisotopic (exact) mass is 251 g/mol. The summed E-state index contributed by atoms with van der Waals surface area (Å²) in [4.78, 5) is 4.08. The van der Waals surface area contributed by atoms with E-state index in [0.717, 1.165) is 18.6 Å². The van der Waals surface area contributed by atoms with E-state index in [1.54, 1.807) is 6.07 Å². The number of nitriles is 1. The molecular weight excluding hydrogens is 238 g/mol. The summed E-state index contributed by atoms with van der Waals surface area (Å²) in [6.45, 7) is 0. The lowest BCUT2D eigenvalue weighted by Crippen LogP contribution is -1.98. The van der Waals surface area contributed by atoms with Crippen LogP contribution in [0.2, 0.25) is 0 Å². The first-order valence-electron chi connectivity index (χ1n) is 6.22. The molecule has 3 rings (SSSR count). The van der Waals surface area contributed by atoms with E-state index in [2.05, 4.69) is 11.1 Å². The number of benzene rings is 1. The Balaban J connectivity index is 1.92. The van der Waals surface area contributed by atoms with Gasteiger partial charge in [0.1, 0.15) is 17.5 Å². The van der Waals surface area contributed by atoms with Gasteiger partial charge in [0.2, 0.25) is 5.88 Å². The first kappa shape index (κ1) is 11.5. The number of nitrogens with two attached hydrogens (primary N) is 1. The Kier molecular flexibility index (Phi) is 2.81. The Morgan fingerprint density at radius 1 is 1.21 bits per heavy atom. The highest BCUT2D eigenvalue weighted by atomic mass is 16.5. The molecule has 1 aliphatic rings. The number of nitrogen functional groups attached to an aromatic ring is 1. The Labute approximate surface area is 111 Å². The first-order chi connectivity index (χ1) is 9.28. The highest BCUT2D eigenvalue weighted by Gasteiger charge is 2.13. The van der Waals surface area contributed by atoms with E-state index >= 15 is 0 Å². The predicted molar refractivity (Wildman–Crippen MR) is 71.9 cm³/mol. The molecule has 1 aromatic carbocycles. The van der Waals surface area contributed by atoms with Gasteiger partial charge in [-0.25, -0.2) is 4.98 Å². The molecule has 4 heteroatoms. The SMILES string of the molecule is N#Cc1ccnc(Oc2ccc3c(c2)CCC3)c1N. The lowest BCUT2D eigenvalue weighted by molar-refractivity contribution is 0.465. The molecule has 94 valence electrons. The van der Waals surface area contributed by atoms with E-state index in [0.29, 0.717) is 5.56 Å². The van der Waals surface area contributed by atoms with E-state index < -0.39 is 0 Å². The smallest absolute Gasteiger partial charge is 0.244 e. The van der Waals surface area contributed by atoms with Crippen LogP contribution in [0, 0.1) is 11.3 Å². The summed E-state index contributed by atoms with van der Waals surface area (Å²) in [5.41, 5.74) is 9.22. The van der Waals surface area contributed by atoms with E-state index in [9.17, 15) is 0 Å². The summed E-state index contributed by atoms with van der Waals surface area (Å²) in [6, 6.07) is 9.63. The number of pyridine rings is 1. The molecule has 2 aromatic rings. The summed E-state index contributed by atoms with van der Waals surface area (Å²) < 4.78 is 5.69. The molecule has 0 amide bonds. The van der Waals surface area contributed by atoms with Gasteiger partial charge in [0, 0.05) is 6.20 Å². The number of hydrogen-bond donors (Lipinski definition) is 1. The van der Waals surface area contributed by atoms with Crippen molar-refractivity contribution in [1.29, 1.82) is 5.26 Å². The van der Waals surface area contributed by atoms with Gasteiger partial charge in [-0.3, -0.25) is 0 Å². The standard InChI is InChI=1S/C15H13N3O/c16-9-12-6-7-18-15(14(12)17)19-13-5-4-10-2-1-3-11(10)8-13/h4-8H,1-3,17H2. The number of aryl methyl sites for hydroxylation is 2. The molecule has 0 radical (unpaired) electrons. The van der Waals surface area contributed by atoms with Gasteiger partial charge in [-0.05, 0) is 48.6 Å². The fourth-order valence-electron chi connectivity index (χ4n) is 2.36. The van der Waals surface area contributed by atoms with Gasteiger partial charge in [-0.2, -0.15) is 5.26 Å². The fourth-order valence-corrected chi connectivity index (χ4v) is 2.36. The zero-order valence-electron chi connectivity index (χ0n) is 10.4. The molecule has 0 aliphatic heterocycles. The van der Waals surface area contributed by atoms with Crippen LogP contribution in [0.1, 0.15) is 23.1 Å². The van der Waals surface area contributed by atoms with Crippen molar-refractivity contribution in [2.75, 3.05) is 5.73 Å². The minimum atomic E-state index is 0.283. The zero-order valence-corrected chi connectivity index (χ0v) is 10.4. The molecule has 0 saturated heterocycles. The van der Waals surface area contributed by atoms with Crippen LogP contribution in [0.4, 0.5) is 5.69 Å². The fraction of sp³-hybridized carbons (Fsp3) is 0.200. The molecule has 19 heavy (non-hydrogen) atoms. The second-order valence-electron chi connectivity index (χ2n) is 4.58. The lowest BCUT2D eigenvalue weighted by Gasteiger charge is -2.09. The number of anilines is 1. The number of hydrogen-bond acceptors (Lipinski definition) is 4. The third-order valence-corrected chi connectivity index (χ3v) is 3.36. The average Bonchev–Trinajstić information content (AvgIpc) is 2.88. The Hall–Kier alpha value is -2.54. The van der Waals surface area contributed by atoms with Crippen LogP contribution in [-0.4, -0.2) is 4.98 Å². The van der Waals surface area contributed by atoms with Crippen LogP contribution in [0.5, 0.6) is 11.6 Å². The minimum absolute atomic E-state index is 0.283. The second-order valence-corrected chi connectivity index (χ2v) is 4.58. The maximum atomic E-state index is 8.92. The summed E-state index contributed by atoms with van der Waals surface area (Å²) in [5, 5.41) is 8.92. The van der Waals surface area contributed by atoms with Gasteiger partial charge in [0.25, 0.3) is 0 Å². The number of aromatic nitrogens is 1. The van der Waals surface area contributed by atoms with Crippen LogP contribution in [0.25, 0.3) is 0 Å². The molecule has 2 N–H and O–H groups in total. The molecular formula is C15H13N3O. The topological polar surface area (TPSA) is 71.9 Å². The Bertz CT molecular complexity index is 674. The summed E-state index contributed by atoms with van der Waals surface area (Å²) >= 11 is 0. The third kappa shape index (κ3) is 2.11. The van der Waals surface area contributed by atoms with Gasteiger partial charge >= 0.3 is 0 Å². The molecule has 1 heterocycles. The number of fused-ring (bicyclic) bond motifs is 1. The van der Waals surface area contributed by atoms with Crippen molar-refractivity contribution in [1.82, 2.24) is 4.98 Å². The number of ether oxygens (including phenoxy) is 1. The number of rotatable bonds is 2. The van der Waals surface area contributed by atoms with E-state index in [4.69, 9.17) is 15.7 Å². The third-order valence-electron chi connectivity index (χ3n) is 3.36. The highest BCUT2D eigenvalue weighted by Crippen LogP contribution is 2.31. The lowest BCUT2D eigenvalue weighted by atomic mass is 10.1. The molecule has 0 saturated carbocycles. The molecule has 1 aromatic heterocycles. The van der Waals surface area contributed by atoms with Gasteiger partial charge in [0.15, 0.2) is 0 Å². The van der Waals surface area contributed by atoms with E-state index in [-0.39, 0.29) is 11.6 Å². The van der Waals surface area contributed by atoms with Crippen molar-refractivity contribution in [3.05, 3.63) is 47.2 Å². The molecule has 0 atom stereocenters. The van der Waals surface area contributed by atoms with Gasteiger partial charge in [-0.1, -0.05) is 6.07 Å². The zero-order chi connectivity index (χ0) is 13.2. The minimum Gasteiger partial charge on any atom is -0.437 e. The summed E-state index contributed by atoms with van der Waals surface area (Å²) in [5.74, 6) is 1.01. The maximum absolute atomic E-state index is 8.92. The van der Waals surface area contributed by atoms with Crippen LogP contribution >= 0.6 is 0 Å². The highest BCUT2D eigenvalue weighted by molar-refractivity contribution is 5.60. The largest absolute Gasteiger partial charge is 0.437 e. The van der Waals surface area contributed by atoms with Crippen molar-refractivity contribution >= 4 is 5.69 Å². The molecule has 0 unspecified atom stereocenters. The molecule has 0 bridgehead atoms. The normalized spacial score (nSPS) is 12.8. The van der Waals surface area contributed by atoms with Crippen LogP contribution in [0.15, 0.2) is 30.5 Å². The van der Waals surface area contributed by atoms with E-state index in [1.807, 2.05) is 18.2 Å².